The van der Waals surface area contributed by atoms with Gasteiger partial charge in [-0.3, -0.25) is 0 Å². The average Bonchev–Trinajstić information content (AvgIpc) is 2.82. The molecule has 0 atom stereocenters. The Morgan fingerprint density at radius 2 is 1.50 bits per heavy atom. The van der Waals surface area contributed by atoms with E-state index in [-0.39, 0.29) is 22.0 Å². The number of halogens is 1. The number of phenolic OH excluding ortho intramolecular Hbond substituents is 1. The van der Waals surface area contributed by atoms with Crippen molar-refractivity contribution in [2.24, 2.45) is 0 Å². The molecule has 0 radical (unpaired) electrons. The minimum Gasteiger partial charge on any atom is -0.504 e. The Balaban J connectivity index is 2.08. The lowest BCUT2D eigenvalue weighted by Crippen LogP contribution is -2.08. The molecule has 0 aliphatic heterocycles. The van der Waals surface area contributed by atoms with Crippen molar-refractivity contribution in [1.29, 1.82) is 0 Å². The summed E-state index contributed by atoms with van der Waals surface area (Å²) in [5.41, 5.74) is 1.42. The van der Waals surface area contributed by atoms with E-state index in [1.165, 1.54) is 52.7 Å². The molecule has 9 heteroatoms. The van der Waals surface area contributed by atoms with Gasteiger partial charge in [0.15, 0.2) is 32.8 Å². The number of hydrogen-bond donors (Lipinski definition) is 1. The lowest BCUT2D eigenvalue weighted by atomic mass is 10.0. The van der Waals surface area contributed by atoms with Gasteiger partial charge in [0, 0.05) is 5.56 Å². The van der Waals surface area contributed by atoms with Gasteiger partial charge in [-0.05, 0) is 47.5 Å². The quantitative estimate of drug-likeness (QED) is 0.436. The number of benzene rings is 3. The summed E-state index contributed by atoms with van der Waals surface area (Å²) >= 11 is 0. The van der Waals surface area contributed by atoms with Crippen molar-refractivity contribution in [2.45, 2.75) is 10.6 Å². The Morgan fingerprint density at radius 1 is 0.853 bits per heavy atom. The Kier molecular flexibility index (Phi) is 7.68. The molecule has 0 saturated heterocycles. The number of hydrogen-bond acceptors (Lipinski definition) is 7. The topological polar surface area (TPSA) is 91.3 Å². The van der Waals surface area contributed by atoms with Gasteiger partial charge in [0.2, 0.25) is 5.75 Å². The largest absolute Gasteiger partial charge is 0.504 e. The van der Waals surface area contributed by atoms with Crippen LogP contribution >= 0.6 is 0 Å². The fourth-order valence-electron chi connectivity index (χ4n) is 3.48. The highest BCUT2D eigenvalue weighted by Gasteiger charge is 2.22. The molecule has 3 aromatic rings. The second-order valence-corrected chi connectivity index (χ2v) is 9.18. The van der Waals surface area contributed by atoms with Crippen LogP contribution < -0.4 is 18.9 Å². The minimum absolute atomic E-state index is 0.0204. The highest BCUT2D eigenvalue weighted by atomic mass is 32.2. The zero-order chi connectivity index (χ0) is 24.9. The molecule has 0 amide bonds. The molecule has 34 heavy (non-hydrogen) atoms. The first-order valence-electron chi connectivity index (χ1n) is 10.1. The number of rotatable bonds is 9. The van der Waals surface area contributed by atoms with Crippen molar-refractivity contribution < 1.29 is 36.9 Å². The van der Waals surface area contributed by atoms with Crippen LogP contribution in [0.15, 0.2) is 53.4 Å². The maximum Gasteiger partial charge on any atom is 0.203 e. The number of methoxy groups -OCH3 is 4. The van der Waals surface area contributed by atoms with Crippen LogP contribution in [-0.4, -0.2) is 42.0 Å². The molecule has 0 saturated carbocycles. The van der Waals surface area contributed by atoms with Gasteiger partial charge in [-0.15, -0.1) is 0 Å². The molecule has 0 aromatic heterocycles. The van der Waals surface area contributed by atoms with E-state index in [9.17, 15) is 17.9 Å². The van der Waals surface area contributed by atoms with Crippen LogP contribution in [0, 0.1) is 5.82 Å². The molecule has 0 spiro atoms. The summed E-state index contributed by atoms with van der Waals surface area (Å²) in [5.74, 6) is -0.00811. The summed E-state index contributed by atoms with van der Waals surface area (Å²) in [6.45, 7) is 0. The normalized spacial score (nSPS) is 11.4. The van der Waals surface area contributed by atoms with Gasteiger partial charge in [-0.2, -0.15) is 0 Å². The van der Waals surface area contributed by atoms with Crippen LogP contribution in [0.2, 0.25) is 0 Å². The first-order valence-corrected chi connectivity index (χ1v) is 11.7. The Bertz CT molecular complexity index is 1290. The zero-order valence-corrected chi connectivity index (χ0v) is 20.0. The van der Waals surface area contributed by atoms with Gasteiger partial charge < -0.3 is 24.1 Å². The smallest absolute Gasteiger partial charge is 0.203 e. The minimum atomic E-state index is -3.94. The molecule has 3 aromatic carbocycles. The van der Waals surface area contributed by atoms with Crippen LogP contribution in [0.1, 0.15) is 16.7 Å². The molecule has 7 nitrogen and oxygen atoms in total. The first kappa shape index (κ1) is 24.9. The van der Waals surface area contributed by atoms with Crippen molar-refractivity contribution in [3.05, 3.63) is 71.0 Å². The van der Waals surface area contributed by atoms with Crippen LogP contribution in [0.25, 0.3) is 12.2 Å². The zero-order valence-electron chi connectivity index (χ0n) is 19.2. The maximum atomic E-state index is 13.6. The molecular formula is C25H25FO7S. The van der Waals surface area contributed by atoms with Crippen LogP contribution in [0.5, 0.6) is 28.7 Å². The molecule has 0 heterocycles. The van der Waals surface area contributed by atoms with E-state index >= 15 is 0 Å². The third-order valence-corrected chi connectivity index (χ3v) is 6.75. The summed E-state index contributed by atoms with van der Waals surface area (Å²) in [4.78, 5) is -0.169. The number of sulfone groups is 1. The third-order valence-electron chi connectivity index (χ3n) is 5.11. The maximum absolute atomic E-state index is 13.6. The van der Waals surface area contributed by atoms with Gasteiger partial charge in [0.25, 0.3) is 0 Å². The average molecular weight is 489 g/mol. The Hall–Kier alpha value is -3.72. The fraction of sp³-hybridized carbons (Fsp3) is 0.200. The molecule has 180 valence electrons. The highest BCUT2D eigenvalue weighted by Crippen LogP contribution is 2.39. The van der Waals surface area contributed by atoms with Crippen molar-refractivity contribution in [3.63, 3.8) is 0 Å². The lowest BCUT2D eigenvalue weighted by molar-refractivity contribution is 0.324. The second-order valence-electron chi connectivity index (χ2n) is 7.19. The van der Waals surface area contributed by atoms with Gasteiger partial charge in [-0.25, -0.2) is 12.8 Å². The second kappa shape index (κ2) is 10.5. The molecule has 0 fully saturated rings. The summed E-state index contributed by atoms with van der Waals surface area (Å²) in [6.07, 6.45) is 3.41. The monoisotopic (exact) mass is 488 g/mol. The first-order chi connectivity index (χ1) is 16.2. The third kappa shape index (κ3) is 5.26. The molecule has 0 unspecified atom stereocenters. The predicted molar refractivity (Wildman–Crippen MR) is 127 cm³/mol. The molecule has 1 N–H and O–H groups in total. The number of ether oxygens (including phenoxy) is 4. The van der Waals surface area contributed by atoms with Crippen molar-refractivity contribution in [3.8, 4) is 28.7 Å². The Morgan fingerprint density at radius 3 is 2.06 bits per heavy atom. The molecule has 3 rings (SSSR count). The molecule has 0 bridgehead atoms. The SMILES string of the molecule is COc1cc(/C=C\c2ccc(O)c(OC)c2CS(=O)(=O)c2cccc(F)c2)cc(OC)c1OC. The van der Waals surface area contributed by atoms with E-state index in [1.807, 2.05) is 0 Å². The summed E-state index contributed by atoms with van der Waals surface area (Å²) in [5, 5.41) is 10.3. The fourth-order valence-corrected chi connectivity index (χ4v) is 4.90. The number of phenols is 1. The van der Waals surface area contributed by atoms with E-state index in [2.05, 4.69) is 0 Å². The standard InChI is InChI=1S/C25H25FO7S/c1-30-22-12-16(13-23(31-2)25(22)33-4)8-9-17-10-11-21(27)24(32-3)20(17)15-34(28,29)19-7-5-6-18(26)14-19/h5-14,27H,15H2,1-4H3/b9-8-. The van der Waals surface area contributed by atoms with Crippen molar-refractivity contribution in [2.75, 3.05) is 28.4 Å². The van der Waals surface area contributed by atoms with Gasteiger partial charge in [0.05, 0.1) is 39.1 Å². The lowest BCUT2D eigenvalue weighted by Gasteiger charge is -2.15. The van der Waals surface area contributed by atoms with Gasteiger partial charge in [0.1, 0.15) is 5.82 Å². The number of aromatic hydroxyl groups is 1. The molecule has 0 aliphatic carbocycles. The van der Waals surface area contributed by atoms with Gasteiger partial charge in [-0.1, -0.05) is 24.3 Å². The van der Waals surface area contributed by atoms with Crippen molar-refractivity contribution in [1.82, 2.24) is 0 Å². The summed E-state index contributed by atoms with van der Waals surface area (Å²) < 4.78 is 61.1. The van der Waals surface area contributed by atoms with Crippen molar-refractivity contribution >= 4 is 22.0 Å². The van der Waals surface area contributed by atoms with E-state index < -0.39 is 21.4 Å². The van der Waals surface area contributed by atoms with E-state index in [0.717, 1.165) is 6.07 Å². The summed E-state index contributed by atoms with van der Waals surface area (Å²) in [7, 11) is 1.90. The van der Waals surface area contributed by atoms with Crippen LogP contribution in [0.3, 0.4) is 0 Å². The molecule has 0 aliphatic rings. The van der Waals surface area contributed by atoms with E-state index in [0.29, 0.717) is 28.4 Å². The Labute approximate surface area is 197 Å². The highest BCUT2D eigenvalue weighted by molar-refractivity contribution is 7.90. The summed E-state index contributed by atoms with van der Waals surface area (Å²) in [6, 6.07) is 11.2. The van der Waals surface area contributed by atoms with E-state index in [1.54, 1.807) is 30.4 Å². The molecular weight excluding hydrogens is 463 g/mol. The van der Waals surface area contributed by atoms with Crippen LogP contribution in [0.4, 0.5) is 4.39 Å². The van der Waals surface area contributed by atoms with Crippen LogP contribution in [-0.2, 0) is 15.6 Å². The predicted octanol–water partition coefficient (Wildman–Crippen LogP) is 4.71. The van der Waals surface area contributed by atoms with Gasteiger partial charge >= 0.3 is 0 Å². The van der Waals surface area contributed by atoms with E-state index in [4.69, 9.17) is 18.9 Å².